The Morgan fingerprint density at radius 1 is 1.57 bits per heavy atom. The Kier molecular flexibility index (Phi) is 3.88. The van der Waals surface area contributed by atoms with Gasteiger partial charge < -0.3 is 5.32 Å². The van der Waals surface area contributed by atoms with Gasteiger partial charge in [0.05, 0.1) is 11.8 Å². The summed E-state index contributed by atoms with van der Waals surface area (Å²) in [7, 11) is -3.41. The van der Waals surface area contributed by atoms with Crippen molar-refractivity contribution in [2.24, 2.45) is 0 Å². The van der Waals surface area contributed by atoms with Crippen LogP contribution in [-0.2, 0) is 14.8 Å². The van der Waals surface area contributed by atoms with Gasteiger partial charge in [0, 0.05) is 0 Å². The molecule has 0 aliphatic carbocycles. The van der Waals surface area contributed by atoms with E-state index in [1.54, 1.807) is 6.92 Å². The summed E-state index contributed by atoms with van der Waals surface area (Å²) in [5.74, 6) is -0.415. The van der Waals surface area contributed by atoms with Gasteiger partial charge in [0.15, 0.2) is 0 Å². The van der Waals surface area contributed by atoms with Crippen molar-refractivity contribution < 1.29 is 13.2 Å². The molecule has 6 heteroatoms. The summed E-state index contributed by atoms with van der Waals surface area (Å²) in [6, 6.07) is -0.332. The summed E-state index contributed by atoms with van der Waals surface area (Å²) >= 11 is 0. The normalized spacial score (nSPS) is 22.2. The smallest absolute Gasteiger partial charge is 0.250 e. The second kappa shape index (κ2) is 4.75. The van der Waals surface area contributed by atoms with Crippen molar-refractivity contribution in [3.05, 3.63) is 0 Å². The number of nitrogens with one attached hydrogen (secondary N) is 2. The van der Waals surface area contributed by atoms with E-state index in [2.05, 4.69) is 10.0 Å². The molecule has 1 saturated heterocycles. The van der Waals surface area contributed by atoms with Crippen molar-refractivity contribution in [3.8, 4) is 0 Å². The standard InChI is InChI=1S/C8H16N2O3S/c1-2-6-14(12,13)10-8(11)7-4-3-5-9-7/h7,9H,2-6H2,1H3,(H,10,11)/t7-/m0/s1. The van der Waals surface area contributed by atoms with E-state index >= 15 is 0 Å². The Morgan fingerprint density at radius 2 is 2.29 bits per heavy atom. The third-order valence-corrected chi connectivity index (χ3v) is 3.56. The first-order valence-corrected chi connectivity index (χ1v) is 6.48. The van der Waals surface area contributed by atoms with Crippen LogP contribution in [0.3, 0.4) is 0 Å². The van der Waals surface area contributed by atoms with Gasteiger partial charge >= 0.3 is 0 Å². The molecule has 14 heavy (non-hydrogen) atoms. The maximum atomic E-state index is 11.4. The zero-order valence-electron chi connectivity index (χ0n) is 8.25. The van der Waals surface area contributed by atoms with Crippen LogP contribution in [0.4, 0.5) is 0 Å². The predicted octanol–water partition coefficient (Wildman–Crippen LogP) is -0.406. The molecule has 0 spiro atoms. The summed E-state index contributed by atoms with van der Waals surface area (Å²) < 4.78 is 24.5. The number of carbonyl (C=O) groups is 1. The minimum atomic E-state index is -3.41. The predicted molar refractivity (Wildman–Crippen MR) is 53.2 cm³/mol. The zero-order chi connectivity index (χ0) is 10.6. The fourth-order valence-corrected chi connectivity index (χ4v) is 2.54. The molecule has 0 aromatic rings. The molecule has 1 heterocycles. The molecule has 1 rings (SSSR count). The van der Waals surface area contributed by atoms with Gasteiger partial charge in [-0.1, -0.05) is 6.92 Å². The van der Waals surface area contributed by atoms with Crippen molar-refractivity contribution in [1.29, 1.82) is 0 Å². The van der Waals surface area contributed by atoms with Crippen LogP contribution in [0.2, 0.25) is 0 Å². The maximum absolute atomic E-state index is 11.4. The van der Waals surface area contributed by atoms with Crippen molar-refractivity contribution >= 4 is 15.9 Å². The Morgan fingerprint density at radius 3 is 2.79 bits per heavy atom. The van der Waals surface area contributed by atoms with Crippen LogP contribution in [0.1, 0.15) is 26.2 Å². The lowest BCUT2D eigenvalue weighted by Gasteiger charge is -2.10. The van der Waals surface area contributed by atoms with Crippen LogP contribution in [-0.4, -0.2) is 32.7 Å². The third kappa shape index (κ3) is 3.26. The molecule has 0 aromatic carbocycles. The second-order valence-electron chi connectivity index (χ2n) is 3.43. The highest BCUT2D eigenvalue weighted by molar-refractivity contribution is 7.90. The number of carbonyl (C=O) groups excluding carboxylic acids is 1. The number of amides is 1. The van der Waals surface area contributed by atoms with E-state index in [4.69, 9.17) is 0 Å². The van der Waals surface area contributed by atoms with Gasteiger partial charge in [-0.3, -0.25) is 9.52 Å². The molecule has 0 saturated carbocycles. The molecule has 0 bridgehead atoms. The van der Waals surface area contributed by atoms with Gasteiger partial charge in [-0.15, -0.1) is 0 Å². The second-order valence-corrected chi connectivity index (χ2v) is 5.28. The molecule has 5 nitrogen and oxygen atoms in total. The fraction of sp³-hybridized carbons (Fsp3) is 0.875. The minimum absolute atomic E-state index is 0.00542. The van der Waals surface area contributed by atoms with Crippen molar-refractivity contribution in [1.82, 2.24) is 10.0 Å². The maximum Gasteiger partial charge on any atom is 0.250 e. The van der Waals surface area contributed by atoms with Crippen molar-refractivity contribution in [2.75, 3.05) is 12.3 Å². The molecule has 1 fully saturated rings. The van der Waals surface area contributed by atoms with Gasteiger partial charge in [-0.25, -0.2) is 8.42 Å². The first-order valence-electron chi connectivity index (χ1n) is 4.83. The molecule has 2 N–H and O–H groups in total. The minimum Gasteiger partial charge on any atom is -0.306 e. The number of sulfonamides is 1. The number of rotatable bonds is 4. The average molecular weight is 220 g/mol. The molecule has 1 amide bonds. The van der Waals surface area contributed by atoms with Crippen molar-refractivity contribution in [2.45, 2.75) is 32.2 Å². The van der Waals surface area contributed by atoms with E-state index in [-0.39, 0.29) is 11.8 Å². The first kappa shape index (κ1) is 11.5. The SMILES string of the molecule is CCCS(=O)(=O)NC(=O)[C@@H]1CCCN1. The van der Waals surface area contributed by atoms with Crippen LogP contribution in [0.25, 0.3) is 0 Å². The molecule has 0 radical (unpaired) electrons. The summed E-state index contributed by atoms with van der Waals surface area (Å²) in [6.07, 6.45) is 2.15. The van der Waals surface area contributed by atoms with Crippen LogP contribution in [0.15, 0.2) is 0 Å². The van der Waals surface area contributed by atoms with Crippen LogP contribution in [0, 0.1) is 0 Å². The molecule has 82 valence electrons. The fourth-order valence-electron chi connectivity index (χ4n) is 1.45. The molecule has 1 aliphatic heterocycles. The van der Waals surface area contributed by atoms with E-state index in [0.717, 1.165) is 13.0 Å². The van der Waals surface area contributed by atoms with Gasteiger partial charge in [-0.05, 0) is 25.8 Å². The quantitative estimate of drug-likeness (QED) is 0.675. The molecule has 0 aromatic heterocycles. The summed E-state index contributed by atoms with van der Waals surface area (Å²) in [6.45, 7) is 2.55. The molecule has 1 atom stereocenters. The lowest BCUT2D eigenvalue weighted by Crippen LogP contribution is -2.43. The van der Waals surface area contributed by atoms with Crippen LogP contribution >= 0.6 is 0 Å². The Labute approximate surface area is 84.3 Å². The lowest BCUT2D eigenvalue weighted by molar-refractivity contribution is -0.121. The Bertz CT molecular complexity index is 294. The van der Waals surface area contributed by atoms with E-state index in [1.165, 1.54) is 0 Å². The summed E-state index contributed by atoms with van der Waals surface area (Å²) in [4.78, 5) is 11.4. The highest BCUT2D eigenvalue weighted by Crippen LogP contribution is 2.05. The highest BCUT2D eigenvalue weighted by Gasteiger charge is 2.25. The molecular weight excluding hydrogens is 204 g/mol. The zero-order valence-corrected chi connectivity index (χ0v) is 9.06. The molecule has 1 aliphatic rings. The molecular formula is C8H16N2O3S. The van der Waals surface area contributed by atoms with Gasteiger partial charge in [-0.2, -0.15) is 0 Å². The first-order chi connectivity index (χ1) is 6.55. The van der Waals surface area contributed by atoms with E-state index < -0.39 is 15.9 Å². The van der Waals surface area contributed by atoms with Gasteiger partial charge in [0.1, 0.15) is 0 Å². The van der Waals surface area contributed by atoms with Crippen LogP contribution in [0.5, 0.6) is 0 Å². The lowest BCUT2D eigenvalue weighted by atomic mass is 10.2. The number of hydrogen-bond acceptors (Lipinski definition) is 4. The Hall–Kier alpha value is -0.620. The van der Waals surface area contributed by atoms with E-state index in [9.17, 15) is 13.2 Å². The van der Waals surface area contributed by atoms with Gasteiger partial charge in [0.2, 0.25) is 10.0 Å². The average Bonchev–Trinajstić information content (AvgIpc) is 2.53. The monoisotopic (exact) mass is 220 g/mol. The summed E-state index contributed by atoms with van der Waals surface area (Å²) in [5, 5.41) is 2.94. The number of hydrogen-bond donors (Lipinski definition) is 2. The third-order valence-electron chi connectivity index (χ3n) is 2.11. The topological polar surface area (TPSA) is 75.3 Å². The van der Waals surface area contributed by atoms with E-state index in [1.807, 2.05) is 0 Å². The van der Waals surface area contributed by atoms with Crippen molar-refractivity contribution in [3.63, 3.8) is 0 Å². The molecule has 0 unspecified atom stereocenters. The van der Waals surface area contributed by atoms with Crippen LogP contribution < -0.4 is 10.0 Å². The Balaban J connectivity index is 2.47. The van der Waals surface area contributed by atoms with Gasteiger partial charge in [0.25, 0.3) is 5.91 Å². The van der Waals surface area contributed by atoms with E-state index in [0.29, 0.717) is 12.8 Å². The highest BCUT2D eigenvalue weighted by atomic mass is 32.2. The largest absolute Gasteiger partial charge is 0.306 e. The summed E-state index contributed by atoms with van der Waals surface area (Å²) in [5.41, 5.74) is 0.